The molecule has 0 heterocycles. The third-order valence-corrected chi connectivity index (χ3v) is 1.74. The molecule has 0 bridgehead atoms. The number of benzene rings is 1. The third-order valence-electron chi connectivity index (χ3n) is 1.74. The maximum atomic E-state index is 10.9. The molecular formula is C9H12N4O3. The summed E-state index contributed by atoms with van der Waals surface area (Å²) >= 11 is 0. The summed E-state index contributed by atoms with van der Waals surface area (Å²) in [6.07, 6.45) is 1.21. The number of phenols is 1. The Labute approximate surface area is 91.8 Å². The van der Waals surface area contributed by atoms with Crippen molar-refractivity contribution < 1.29 is 14.7 Å². The van der Waals surface area contributed by atoms with E-state index in [0.29, 0.717) is 11.3 Å². The molecule has 1 aromatic carbocycles. The zero-order chi connectivity index (χ0) is 12.1. The largest absolute Gasteiger partial charge is 0.722 e. The number of phenolic OH excluding ortho intramolecular Hbond substituents is 1. The molecule has 86 valence electrons. The molecule has 0 amide bonds. The van der Waals surface area contributed by atoms with Crippen LogP contribution in [0.25, 0.3) is 0 Å². The number of rotatable bonds is 3. The molecule has 0 saturated heterocycles. The van der Waals surface area contributed by atoms with Crippen LogP contribution >= 0.6 is 0 Å². The van der Waals surface area contributed by atoms with Gasteiger partial charge in [-0.15, -0.1) is 9.95 Å². The summed E-state index contributed by atoms with van der Waals surface area (Å²) in [5, 5.41) is 23.7. The molecule has 0 spiro atoms. The van der Waals surface area contributed by atoms with Gasteiger partial charge in [-0.2, -0.15) is 0 Å². The van der Waals surface area contributed by atoms with Crippen LogP contribution in [0, 0.1) is 5.21 Å². The first-order valence-corrected chi connectivity index (χ1v) is 4.30. The quantitative estimate of drug-likeness (QED) is 0.210. The molecule has 0 atom stereocenters. The van der Waals surface area contributed by atoms with Crippen molar-refractivity contribution >= 4 is 12.2 Å². The number of hydrogen-bond donors (Lipinski definition) is 3. The van der Waals surface area contributed by atoms with Crippen molar-refractivity contribution in [1.82, 2.24) is 0 Å². The van der Waals surface area contributed by atoms with Gasteiger partial charge in [0.1, 0.15) is 0 Å². The first-order valence-electron chi connectivity index (χ1n) is 4.30. The van der Waals surface area contributed by atoms with E-state index < -0.39 is 5.96 Å². The van der Waals surface area contributed by atoms with Crippen LogP contribution in [0.3, 0.4) is 0 Å². The van der Waals surface area contributed by atoms with Crippen LogP contribution in [0.4, 0.5) is 0 Å². The number of hydrogen-bond acceptors (Lipinski definition) is 4. The molecular weight excluding hydrogens is 212 g/mol. The molecule has 5 N–H and O–H groups in total. The van der Waals surface area contributed by atoms with Gasteiger partial charge in [-0.05, 0) is 23.8 Å². The van der Waals surface area contributed by atoms with Gasteiger partial charge in [0.15, 0.2) is 11.5 Å². The molecule has 0 unspecified atom stereocenters. The standard InChI is InChI=1S/C9H12N4O3/c1-16-8-3-2-6(4-7(8)14)5-12-13(15)9(10)11/h2-5,14H,10-11H2,1H3/b12-5+. The van der Waals surface area contributed by atoms with E-state index in [1.807, 2.05) is 0 Å². The fourth-order valence-corrected chi connectivity index (χ4v) is 0.973. The van der Waals surface area contributed by atoms with Gasteiger partial charge >= 0.3 is 5.96 Å². The molecule has 16 heavy (non-hydrogen) atoms. The lowest BCUT2D eigenvalue weighted by Crippen LogP contribution is -2.30. The normalized spacial score (nSPS) is 10.3. The summed E-state index contributed by atoms with van der Waals surface area (Å²) in [4.78, 5) is 0.0707. The van der Waals surface area contributed by atoms with Gasteiger partial charge in [0, 0.05) is 0 Å². The maximum absolute atomic E-state index is 10.9. The van der Waals surface area contributed by atoms with Gasteiger partial charge in [0.25, 0.3) is 0 Å². The Morgan fingerprint density at radius 1 is 1.56 bits per heavy atom. The maximum Gasteiger partial charge on any atom is 0.366 e. The Balaban J connectivity index is 2.92. The first-order chi connectivity index (χ1) is 7.54. The monoisotopic (exact) mass is 224 g/mol. The third kappa shape index (κ3) is 2.77. The van der Waals surface area contributed by atoms with Gasteiger partial charge in [-0.1, -0.05) is 0 Å². The van der Waals surface area contributed by atoms with Crippen molar-refractivity contribution in [3.63, 3.8) is 0 Å². The molecule has 0 aromatic heterocycles. The van der Waals surface area contributed by atoms with Gasteiger partial charge in [-0.25, -0.2) is 0 Å². The average molecular weight is 224 g/mol. The van der Waals surface area contributed by atoms with Crippen molar-refractivity contribution in [3.8, 4) is 11.5 Å². The number of aromatic hydroxyl groups is 1. The molecule has 0 aliphatic carbocycles. The predicted octanol–water partition coefficient (Wildman–Crippen LogP) is -0.482. The van der Waals surface area contributed by atoms with Crippen LogP contribution < -0.4 is 16.2 Å². The molecule has 0 saturated carbocycles. The van der Waals surface area contributed by atoms with Crippen LogP contribution in [-0.2, 0) is 0 Å². The molecule has 1 aromatic rings. The van der Waals surface area contributed by atoms with Crippen molar-refractivity contribution in [2.24, 2.45) is 16.6 Å². The number of hydrazone groups is 1. The highest BCUT2D eigenvalue weighted by Crippen LogP contribution is 2.25. The molecule has 7 heteroatoms. The van der Waals surface area contributed by atoms with Gasteiger partial charge < -0.3 is 15.1 Å². The lowest BCUT2D eigenvalue weighted by atomic mass is 10.2. The molecule has 0 aliphatic heterocycles. The number of guanidine groups is 1. The predicted molar refractivity (Wildman–Crippen MR) is 59.3 cm³/mol. The molecule has 1 rings (SSSR count). The highest BCUT2D eigenvalue weighted by molar-refractivity contribution is 5.80. The van der Waals surface area contributed by atoms with E-state index in [1.54, 1.807) is 12.1 Å². The Hall–Kier alpha value is -2.44. The van der Waals surface area contributed by atoms with Crippen molar-refractivity contribution in [2.75, 3.05) is 7.11 Å². The SMILES string of the molecule is COc1ccc(/C=N/[N+]([O-])=C(N)N)cc1O. The van der Waals surface area contributed by atoms with Crippen LogP contribution in [0.1, 0.15) is 5.56 Å². The zero-order valence-corrected chi connectivity index (χ0v) is 8.62. The van der Waals surface area contributed by atoms with Gasteiger partial charge in [0.05, 0.1) is 13.3 Å². The molecule has 0 radical (unpaired) electrons. The minimum atomic E-state index is -0.464. The lowest BCUT2D eigenvalue weighted by Gasteiger charge is -2.04. The Morgan fingerprint density at radius 2 is 2.25 bits per heavy atom. The summed E-state index contributed by atoms with van der Waals surface area (Å²) < 4.78 is 4.85. The van der Waals surface area contributed by atoms with E-state index in [0.717, 1.165) is 0 Å². The van der Waals surface area contributed by atoms with E-state index in [2.05, 4.69) is 5.10 Å². The minimum Gasteiger partial charge on any atom is -0.722 e. The van der Waals surface area contributed by atoms with Gasteiger partial charge in [-0.3, -0.25) is 11.5 Å². The summed E-state index contributed by atoms with van der Waals surface area (Å²) in [6, 6.07) is 4.55. The second-order valence-corrected chi connectivity index (χ2v) is 2.87. The topological polar surface area (TPSA) is 120 Å². The van der Waals surface area contributed by atoms with Crippen molar-refractivity contribution in [1.29, 1.82) is 0 Å². The number of ether oxygens (including phenoxy) is 1. The summed E-state index contributed by atoms with van der Waals surface area (Å²) in [6.45, 7) is 0. The van der Waals surface area contributed by atoms with E-state index >= 15 is 0 Å². The van der Waals surface area contributed by atoms with Gasteiger partial charge in [0.2, 0.25) is 0 Å². The number of methoxy groups -OCH3 is 1. The first kappa shape index (κ1) is 11.6. The van der Waals surface area contributed by atoms with Crippen molar-refractivity contribution in [2.45, 2.75) is 0 Å². The summed E-state index contributed by atoms with van der Waals surface area (Å²) in [7, 11) is 1.44. The lowest BCUT2D eigenvalue weighted by molar-refractivity contribution is -0.463. The van der Waals surface area contributed by atoms with E-state index in [1.165, 1.54) is 19.4 Å². The van der Waals surface area contributed by atoms with E-state index in [9.17, 15) is 10.3 Å². The fraction of sp³-hybridized carbons (Fsp3) is 0.111. The minimum absolute atomic E-state index is 0.0476. The molecule has 0 fully saturated rings. The van der Waals surface area contributed by atoms with E-state index in [-0.39, 0.29) is 10.6 Å². The number of nitrogens with two attached hydrogens (primary N) is 2. The fourth-order valence-electron chi connectivity index (χ4n) is 0.973. The molecule has 0 aliphatic rings. The van der Waals surface area contributed by atoms with E-state index in [4.69, 9.17) is 16.2 Å². The Bertz CT molecular complexity index is 438. The Morgan fingerprint density at radius 3 is 2.75 bits per heavy atom. The number of nitrogens with zero attached hydrogens (tertiary/aromatic N) is 2. The average Bonchev–Trinajstić information content (AvgIpc) is 2.25. The summed E-state index contributed by atoms with van der Waals surface area (Å²) in [5.74, 6) is -0.177. The molecule has 7 nitrogen and oxygen atoms in total. The highest BCUT2D eigenvalue weighted by atomic mass is 16.5. The zero-order valence-electron chi connectivity index (χ0n) is 8.62. The second-order valence-electron chi connectivity index (χ2n) is 2.87. The van der Waals surface area contributed by atoms with Crippen LogP contribution in [0.15, 0.2) is 23.3 Å². The van der Waals surface area contributed by atoms with Crippen LogP contribution in [0.5, 0.6) is 11.5 Å². The van der Waals surface area contributed by atoms with Crippen LogP contribution in [-0.4, -0.2) is 29.2 Å². The summed E-state index contributed by atoms with van der Waals surface area (Å²) in [5.41, 5.74) is 10.5. The smallest absolute Gasteiger partial charge is 0.366 e. The van der Waals surface area contributed by atoms with Crippen molar-refractivity contribution in [3.05, 3.63) is 29.0 Å². The second kappa shape index (κ2) is 4.87. The van der Waals surface area contributed by atoms with Crippen LogP contribution in [0.2, 0.25) is 0 Å². The highest BCUT2D eigenvalue weighted by Gasteiger charge is 2.00. The Kier molecular flexibility index (Phi) is 3.54.